The zero-order valence-corrected chi connectivity index (χ0v) is 9.10. The molecule has 3 aromatic rings. The normalized spacial score (nSPS) is 10.6. The van der Waals surface area contributed by atoms with Crippen molar-refractivity contribution >= 4 is 10.8 Å². The highest BCUT2D eigenvalue weighted by molar-refractivity contribution is 5.85. The average molecular weight is 223 g/mol. The molecule has 0 radical (unpaired) electrons. The van der Waals surface area contributed by atoms with Gasteiger partial charge in [0.1, 0.15) is 5.82 Å². The summed E-state index contributed by atoms with van der Waals surface area (Å²) in [5, 5.41) is 2.25. The molecule has 0 spiro atoms. The smallest absolute Gasteiger partial charge is 0.123 e. The van der Waals surface area contributed by atoms with E-state index in [1.165, 1.54) is 12.1 Å². The number of halogens is 1. The van der Waals surface area contributed by atoms with Crippen molar-refractivity contribution in [3.05, 3.63) is 66.6 Å². The first-order valence-corrected chi connectivity index (χ1v) is 5.44. The quantitative estimate of drug-likeness (QED) is 0.606. The lowest BCUT2D eigenvalue weighted by atomic mass is 10.1. The third kappa shape index (κ3) is 1.89. The van der Waals surface area contributed by atoms with Crippen LogP contribution in [0.1, 0.15) is 0 Å². The zero-order valence-electron chi connectivity index (χ0n) is 9.10. The Balaban J connectivity index is 2.14. The van der Waals surface area contributed by atoms with Crippen LogP contribution < -0.4 is 0 Å². The van der Waals surface area contributed by atoms with Gasteiger partial charge >= 0.3 is 0 Å². The molecule has 0 fully saturated rings. The zero-order chi connectivity index (χ0) is 11.7. The van der Waals surface area contributed by atoms with Crippen LogP contribution in [0.5, 0.6) is 0 Å². The van der Waals surface area contributed by atoms with Gasteiger partial charge in [0.2, 0.25) is 0 Å². The Hall–Kier alpha value is -2.22. The Morgan fingerprint density at radius 2 is 1.53 bits per heavy atom. The third-order valence-electron chi connectivity index (χ3n) is 2.77. The second-order valence-electron chi connectivity index (χ2n) is 3.92. The minimum absolute atomic E-state index is 0.227. The van der Waals surface area contributed by atoms with Crippen molar-refractivity contribution in [1.82, 2.24) is 4.98 Å². The average Bonchev–Trinajstić information content (AvgIpc) is 2.39. The summed E-state index contributed by atoms with van der Waals surface area (Å²) in [6, 6.07) is 16.5. The number of benzene rings is 2. The molecule has 0 saturated heterocycles. The molecule has 0 saturated carbocycles. The van der Waals surface area contributed by atoms with Gasteiger partial charge in [-0.25, -0.2) is 4.39 Å². The monoisotopic (exact) mass is 223 g/mol. The molecule has 82 valence electrons. The van der Waals surface area contributed by atoms with E-state index in [-0.39, 0.29) is 5.82 Å². The van der Waals surface area contributed by atoms with Gasteiger partial charge < -0.3 is 0 Å². The van der Waals surface area contributed by atoms with Gasteiger partial charge in [-0.3, -0.25) is 4.98 Å². The van der Waals surface area contributed by atoms with Gasteiger partial charge in [-0.15, -0.1) is 0 Å². The first-order chi connectivity index (χ1) is 8.33. The van der Waals surface area contributed by atoms with Crippen molar-refractivity contribution in [3.8, 4) is 11.3 Å². The Labute approximate surface area is 98.6 Å². The summed E-state index contributed by atoms with van der Waals surface area (Å²) in [7, 11) is 0. The molecule has 0 bridgehead atoms. The van der Waals surface area contributed by atoms with Crippen LogP contribution in [-0.4, -0.2) is 4.98 Å². The van der Waals surface area contributed by atoms with E-state index in [2.05, 4.69) is 4.98 Å². The van der Waals surface area contributed by atoms with E-state index < -0.39 is 0 Å². The van der Waals surface area contributed by atoms with Crippen LogP contribution in [0.4, 0.5) is 4.39 Å². The molecule has 0 N–H and O–H groups in total. The van der Waals surface area contributed by atoms with Gasteiger partial charge in [-0.1, -0.05) is 24.3 Å². The molecular formula is C15H10FN. The third-order valence-corrected chi connectivity index (χ3v) is 2.77. The van der Waals surface area contributed by atoms with Crippen LogP contribution in [0.25, 0.3) is 22.0 Å². The maximum atomic E-state index is 12.8. The summed E-state index contributed by atoms with van der Waals surface area (Å²) >= 11 is 0. The van der Waals surface area contributed by atoms with E-state index in [1.54, 1.807) is 12.1 Å². The number of aromatic nitrogens is 1. The van der Waals surface area contributed by atoms with Crippen LogP contribution in [0.3, 0.4) is 0 Å². The van der Waals surface area contributed by atoms with E-state index >= 15 is 0 Å². The summed E-state index contributed by atoms with van der Waals surface area (Å²) in [5.41, 5.74) is 1.79. The fourth-order valence-corrected chi connectivity index (χ4v) is 1.86. The van der Waals surface area contributed by atoms with Gasteiger partial charge in [-0.05, 0) is 35.7 Å². The van der Waals surface area contributed by atoms with Gasteiger partial charge in [0.15, 0.2) is 0 Å². The lowest BCUT2D eigenvalue weighted by molar-refractivity contribution is 0.628. The molecule has 2 aromatic carbocycles. The first-order valence-electron chi connectivity index (χ1n) is 5.44. The Bertz CT molecular complexity index is 659. The minimum Gasteiger partial charge on any atom is -0.256 e. The standard InChI is InChI=1S/C15H10FN/c16-14-7-5-11(6-8-14)15-9-12-3-1-2-4-13(12)10-17-15/h1-10H. The van der Waals surface area contributed by atoms with Gasteiger partial charge in [0.25, 0.3) is 0 Å². The number of hydrogen-bond acceptors (Lipinski definition) is 1. The lowest BCUT2D eigenvalue weighted by Crippen LogP contribution is -1.84. The van der Waals surface area contributed by atoms with E-state index in [4.69, 9.17) is 0 Å². The van der Waals surface area contributed by atoms with Crippen LogP contribution >= 0.6 is 0 Å². The van der Waals surface area contributed by atoms with E-state index in [0.29, 0.717) is 0 Å². The van der Waals surface area contributed by atoms with Crippen LogP contribution in [0.15, 0.2) is 60.8 Å². The molecule has 0 unspecified atom stereocenters. The van der Waals surface area contributed by atoms with E-state index in [9.17, 15) is 4.39 Å². The van der Waals surface area contributed by atoms with Crippen molar-refractivity contribution < 1.29 is 4.39 Å². The fourth-order valence-electron chi connectivity index (χ4n) is 1.86. The Kier molecular flexibility index (Phi) is 2.33. The summed E-state index contributed by atoms with van der Waals surface area (Å²) in [6.45, 7) is 0. The number of hydrogen-bond donors (Lipinski definition) is 0. The van der Waals surface area contributed by atoms with Crippen LogP contribution in [-0.2, 0) is 0 Å². The first kappa shape index (κ1) is 9.97. The second kappa shape index (κ2) is 3.98. The van der Waals surface area contributed by atoms with E-state index in [0.717, 1.165) is 22.0 Å². The maximum absolute atomic E-state index is 12.8. The molecular weight excluding hydrogens is 213 g/mol. The molecule has 3 rings (SSSR count). The van der Waals surface area contributed by atoms with Gasteiger partial charge in [-0.2, -0.15) is 0 Å². The molecule has 1 nitrogen and oxygen atoms in total. The number of fused-ring (bicyclic) bond motifs is 1. The molecule has 1 aromatic heterocycles. The summed E-state index contributed by atoms with van der Waals surface area (Å²) in [4.78, 5) is 4.38. The molecule has 0 aliphatic rings. The molecule has 0 aliphatic carbocycles. The summed E-state index contributed by atoms with van der Waals surface area (Å²) < 4.78 is 12.8. The number of nitrogens with zero attached hydrogens (tertiary/aromatic N) is 1. The summed E-state index contributed by atoms with van der Waals surface area (Å²) in [6.07, 6.45) is 1.84. The van der Waals surface area contributed by atoms with Crippen molar-refractivity contribution in [2.75, 3.05) is 0 Å². The van der Waals surface area contributed by atoms with Crippen molar-refractivity contribution in [1.29, 1.82) is 0 Å². The topological polar surface area (TPSA) is 12.9 Å². The maximum Gasteiger partial charge on any atom is 0.123 e. The molecule has 1 heterocycles. The second-order valence-corrected chi connectivity index (χ2v) is 3.92. The largest absolute Gasteiger partial charge is 0.256 e. The molecule has 17 heavy (non-hydrogen) atoms. The molecule has 0 aliphatic heterocycles. The molecule has 2 heteroatoms. The van der Waals surface area contributed by atoms with Crippen LogP contribution in [0, 0.1) is 5.82 Å². The fraction of sp³-hybridized carbons (Fsp3) is 0. The molecule has 0 amide bonds. The number of rotatable bonds is 1. The highest BCUT2D eigenvalue weighted by atomic mass is 19.1. The molecule has 0 atom stereocenters. The summed E-state index contributed by atoms with van der Waals surface area (Å²) in [5.74, 6) is -0.227. The van der Waals surface area contributed by atoms with Gasteiger partial charge in [0, 0.05) is 17.1 Å². The van der Waals surface area contributed by atoms with Crippen molar-refractivity contribution in [3.63, 3.8) is 0 Å². The van der Waals surface area contributed by atoms with Crippen molar-refractivity contribution in [2.24, 2.45) is 0 Å². The predicted molar refractivity (Wildman–Crippen MR) is 67.1 cm³/mol. The SMILES string of the molecule is Fc1ccc(-c2cc3ccccc3cn2)cc1. The highest BCUT2D eigenvalue weighted by Gasteiger charge is 2.01. The highest BCUT2D eigenvalue weighted by Crippen LogP contribution is 2.21. The van der Waals surface area contributed by atoms with Crippen LogP contribution in [0.2, 0.25) is 0 Å². The van der Waals surface area contributed by atoms with Gasteiger partial charge in [0.05, 0.1) is 5.69 Å². The Morgan fingerprint density at radius 3 is 2.29 bits per heavy atom. The number of pyridine rings is 1. The van der Waals surface area contributed by atoms with E-state index in [1.807, 2.05) is 36.5 Å². The minimum atomic E-state index is -0.227. The predicted octanol–water partition coefficient (Wildman–Crippen LogP) is 4.04. The van der Waals surface area contributed by atoms with Crippen molar-refractivity contribution in [2.45, 2.75) is 0 Å². The Morgan fingerprint density at radius 1 is 0.824 bits per heavy atom. The lowest BCUT2D eigenvalue weighted by Gasteiger charge is -2.02.